The predicted molar refractivity (Wildman–Crippen MR) is 95.0 cm³/mol. The maximum atomic E-state index is 5.90. The quantitative estimate of drug-likeness (QED) is 0.321. The Balaban J connectivity index is 0. The van der Waals surface area contributed by atoms with Crippen molar-refractivity contribution >= 4 is 23.6 Å². The number of ether oxygens (including phenoxy) is 3. The van der Waals surface area contributed by atoms with E-state index in [2.05, 4.69) is 19.6 Å². The molecule has 3 nitrogen and oxygen atoms in total. The zero-order chi connectivity index (χ0) is 14.6. The lowest BCUT2D eigenvalue weighted by Gasteiger charge is -2.39. The summed E-state index contributed by atoms with van der Waals surface area (Å²) >= 11 is 4.32. The van der Waals surface area contributed by atoms with Crippen molar-refractivity contribution in [2.45, 2.75) is 65.8 Å². The summed E-state index contributed by atoms with van der Waals surface area (Å²) in [4.78, 5) is 0. The fourth-order valence-electron chi connectivity index (χ4n) is 2.37. The van der Waals surface area contributed by atoms with Gasteiger partial charge < -0.3 is 14.2 Å². The van der Waals surface area contributed by atoms with E-state index in [0.29, 0.717) is 19.8 Å². The number of rotatable bonds is 13. The topological polar surface area (TPSA) is 27.7 Å². The van der Waals surface area contributed by atoms with Crippen LogP contribution in [0.3, 0.4) is 0 Å². The molecular formula is C15H36O3SSi. The molecule has 0 aromatic rings. The average molecular weight is 325 g/mol. The summed E-state index contributed by atoms with van der Waals surface area (Å²) in [6.45, 7) is 9.97. The van der Waals surface area contributed by atoms with Crippen LogP contribution in [0.5, 0.6) is 0 Å². The second-order valence-corrected chi connectivity index (χ2v) is 5.05. The van der Waals surface area contributed by atoms with Crippen LogP contribution >= 0.6 is 12.6 Å². The first-order valence-electron chi connectivity index (χ1n) is 7.73. The van der Waals surface area contributed by atoms with E-state index in [1.807, 2.05) is 20.8 Å². The average Bonchev–Trinajstić information content (AvgIpc) is 2.39. The van der Waals surface area contributed by atoms with E-state index in [0.717, 1.165) is 25.0 Å². The van der Waals surface area contributed by atoms with E-state index in [1.165, 1.54) is 12.8 Å². The number of thiol groups is 1. The highest BCUT2D eigenvalue weighted by molar-refractivity contribution is 7.80. The maximum absolute atomic E-state index is 5.90. The highest BCUT2D eigenvalue weighted by Crippen LogP contribution is 2.33. The lowest BCUT2D eigenvalue weighted by molar-refractivity contribution is -0.403. The van der Waals surface area contributed by atoms with Crippen molar-refractivity contribution in [2.75, 3.05) is 25.6 Å². The van der Waals surface area contributed by atoms with Gasteiger partial charge in [-0.3, -0.25) is 0 Å². The van der Waals surface area contributed by atoms with E-state index in [9.17, 15) is 0 Å². The van der Waals surface area contributed by atoms with E-state index in [-0.39, 0.29) is 16.9 Å². The summed E-state index contributed by atoms with van der Waals surface area (Å²) in [6, 6.07) is 0. The summed E-state index contributed by atoms with van der Waals surface area (Å²) in [5.74, 6) is 0.304. The molecule has 20 heavy (non-hydrogen) atoms. The van der Waals surface area contributed by atoms with E-state index >= 15 is 0 Å². The van der Waals surface area contributed by atoms with E-state index in [1.54, 1.807) is 0 Å². The van der Waals surface area contributed by atoms with Crippen LogP contribution in [0.1, 0.15) is 59.8 Å². The minimum absolute atomic E-state index is 0. The van der Waals surface area contributed by atoms with Crippen molar-refractivity contribution < 1.29 is 14.2 Å². The minimum Gasteiger partial charge on any atom is -0.328 e. The van der Waals surface area contributed by atoms with Gasteiger partial charge in [-0.2, -0.15) is 12.6 Å². The van der Waals surface area contributed by atoms with E-state index in [4.69, 9.17) is 14.2 Å². The van der Waals surface area contributed by atoms with Gasteiger partial charge in [0, 0.05) is 25.7 Å². The normalized spacial score (nSPS) is 13.1. The highest BCUT2D eigenvalue weighted by atomic mass is 32.1. The van der Waals surface area contributed by atoms with Crippen molar-refractivity contribution in [3.05, 3.63) is 0 Å². The molecule has 0 N–H and O–H groups in total. The van der Waals surface area contributed by atoms with Gasteiger partial charge in [-0.05, 0) is 56.8 Å². The Bertz CT molecular complexity index is 181. The first-order chi connectivity index (χ1) is 9.20. The largest absolute Gasteiger partial charge is 0.328 e. The predicted octanol–water partition coefficient (Wildman–Crippen LogP) is 2.81. The van der Waals surface area contributed by atoms with Gasteiger partial charge in [-0.25, -0.2) is 0 Å². The van der Waals surface area contributed by atoms with E-state index < -0.39 is 5.97 Å². The zero-order valence-electron chi connectivity index (χ0n) is 13.1. The third-order valence-electron chi connectivity index (χ3n) is 3.15. The molecule has 0 rings (SSSR count). The lowest BCUT2D eigenvalue weighted by Crippen LogP contribution is -2.46. The van der Waals surface area contributed by atoms with Crippen molar-refractivity contribution in [3.8, 4) is 0 Å². The molecule has 5 heteroatoms. The Kier molecular flexibility index (Phi) is 16.3. The molecule has 0 heterocycles. The van der Waals surface area contributed by atoms with Crippen LogP contribution < -0.4 is 0 Å². The lowest BCUT2D eigenvalue weighted by atomic mass is 9.94. The first-order valence-corrected chi connectivity index (χ1v) is 8.36. The molecule has 0 saturated heterocycles. The second-order valence-electron chi connectivity index (χ2n) is 4.61. The van der Waals surface area contributed by atoms with Crippen LogP contribution in [0, 0.1) is 5.92 Å². The van der Waals surface area contributed by atoms with Crippen molar-refractivity contribution in [1.82, 2.24) is 0 Å². The van der Waals surface area contributed by atoms with Gasteiger partial charge in [0.05, 0.1) is 0 Å². The van der Waals surface area contributed by atoms with Crippen molar-refractivity contribution in [3.63, 3.8) is 0 Å². The van der Waals surface area contributed by atoms with Crippen LogP contribution in [0.15, 0.2) is 0 Å². The van der Waals surface area contributed by atoms with Crippen LogP contribution in [-0.2, 0) is 14.2 Å². The smallest absolute Gasteiger partial charge is 0.285 e. The summed E-state index contributed by atoms with van der Waals surface area (Å²) in [7, 11) is 0. The Hall–Kier alpha value is 0.447. The van der Waals surface area contributed by atoms with Gasteiger partial charge in [-0.15, -0.1) is 0 Å². The standard InChI is InChI=1S/C15H32O3S.H4Si/c1-5-9-11-14(12-10-13-19)15(16-6-2,17-7-3)18-8-4;/h14,19H,5-13H2,1-4H3;1H4. The molecule has 0 radical (unpaired) electrons. The van der Waals surface area contributed by atoms with Crippen molar-refractivity contribution in [2.24, 2.45) is 5.92 Å². The Morgan fingerprint density at radius 2 is 1.30 bits per heavy atom. The molecule has 0 saturated carbocycles. The summed E-state index contributed by atoms with van der Waals surface area (Å²) in [5, 5.41) is 0. The van der Waals surface area contributed by atoms with Crippen LogP contribution in [0.25, 0.3) is 0 Å². The SMILES string of the molecule is CCCCC(CCCS)C(OCC)(OCC)OCC.[SiH4]. The molecule has 0 bridgehead atoms. The third-order valence-corrected chi connectivity index (χ3v) is 3.47. The number of hydrogen-bond donors (Lipinski definition) is 1. The van der Waals surface area contributed by atoms with Gasteiger partial charge in [-0.1, -0.05) is 19.8 Å². The monoisotopic (exact) mass is 324 g/mol. The summed E-state index contributed by atoms with van der Waals surface area (Å²) in [6.07, 6.45) is 5.52. The van der Waals surface area contributed by atoms with Gasteiger partial charge >= 0.3 is 0 Å². The first kappa shape index (κ1) is 22.7. The number of hydrogen-bond acceptors (Lipinski definition) is 4. The zero-order valence-corrected chi connectivity index (χ0v) is 14.0. The minimum atomic E-state index is -0.865. The Labute approximate surface area is 135 Å². The highest BCUT2D eigenvalue weighted by Gasteiger charge is 2.41. The van der Waals surface area contributed by atoms with Crippen LogP contribution in [0.4, 0.5) is 0 Å². The van der Waals surface area contributed by atoms with Gasteiger partial charge in [0.15, 0.2) is 0 Å². The van der Waals surface area contributed by atoms with Gasteiger partial charge in [0.25, 0.3) is 5.97 Å². The molecule has 0 spiro atoms. The van der Waals surface area contributed by atoms with Crippen LogP contribution in [-0.4, -0.2) is 42.5 Å². The van der Waals surface area contributed by atoms with Gasteiger partial charge in [0.2, 0.25) is 0 Å². The maximum Gasteiger partial charge on any atom is 0.285 e. The number of unbranched alkanes of at least 4 members (excludes halogenated alkanes) is 1. The summed E-state index contributed by atoms with van der Waals surface area (Å²) < 4.78 is 17.7. The second kappa shape index (κ2) is 14.4. The molecule has 1 atom stereocenters. The van der Waals surface area contributed by atoms with Gasteiger partial charge in [0.1, 0.15) is 0 Å². The molecule has 0 aliphatic carbocycles. The molecule has 0 aliphatic rings. The van der Waals surface area contributed by atoms with Crippen molar-refractivity contribution in [1.29, 1.82) is 0 Å². The third kappa shape index (κ3) is 8.03. The molecule has 124 valence electrons. The fraction of sp³-hybridized carbons (Fsp3) is 1.00. The molecular weight excluding hydrogens is 288 g/mol. The molecule has 0 amide bonds. The van der Waals surface area contributed by atoms with Crippen LogP contribution in [0.2, 0.25) is 0 Å². The Morgan fingerprint density at radius 1 is 0.850 bits per heavy atom. The molecule has 1 unspecified atom stereocenters. The molecule has 0 aromatic carbocycles. The summed E-state index contributed by atoms with van der Waals surface area (Å²) in [5.41, 5.74) is 0. The Morgan fingerprint density at radius 3 is 1.65 bits per heavy atom. The molecule has 0 aromatic heterocycles. The fourth-order valence-corrected chi connectivity index (χ4v) is 2.55. The molecule has 0 aliphatic heterocycles. The molecule has 0 fully saturated rings.